The van der Waals surface area contributed by atoms with Gasteiger partial charge in [-0.3, -0.25) is 4.79 Å². The smallest absolute Gasteiger partial charge is 0.341 e. The normalized spacial score (nSPS) is 12.4. The summed E-state index contributed by atoms with van der Waals surface area (Å²) in [4.78, 5) is 22.2. The minimum absolute atomic E-state index is 0.0380. The Bertz CT molecular complexity index is 410. The predicted octanol–water partition coefficient (Wildman–Crippen LogP) is 0.175. The van der Waals surface area contributed by atoms with Gasteiger partial charge in [-0.2, -0.15) is 0 Å². The minimum atomic E-state index is -1.23. The number of carboxylic acids is 1. The second kappa shape index (κ2) is 4.75. The van der Waals surface area contributed by atoms with Gasteiger partial charge < -0.3 is 14.8 Å². The maximum absolute atomic E-state index is 11.6. The highest BCUT2D eigenvalue weighted by atomic mass is 16.4. The summed E-state index contributed by atoms with van der Waals surface area (Å²) in [6.45, 7) is 2.06. The van der Waals surface area contributed by atoms with Crippen molar-refractivity contribution < 1.29 is 15.0 Å². The molecule has 5 heteroatoms. The Labute approximate surface area is 86.6 Å². The number of aliphatic hydroxyl groups excluding tert-OH is 1. The van der Waals surface area contributed by atoms with Gasteiger partial charge in [0.25, 0.3) is 5.56 Å². The molecular formula is C10H13NO4. The monoisotopic (exact) mass is 211 g/mol. The number of pyridine rings is 1. The number of carbonyl (C=O) groups is 1. The first-order chi connectivity index (χ1) is 7.06. The number of aromatic carboxylic acids is 1. The molecule has 0 radical (unpaired) electrons. The third-order valence-corrected chi connectivity index (χ3v) is 2.07. The maximum Gasteiger partial charge on any atom is 0.341 e. The molecule has 1 heterocycles. The Hall–Kier alpha value is -1.62. The molecule has 0 aliphatic rings. The van der Waals surface area contributed by atoms with E-state index in [9.17, 15) is 9.59 Å². The number of carboxylic acid groups (broad SMARTS) is 1. The lowest BCUT2D eigenvalue weighted by molar-refractivity contribution is 0.0694. The van der Waals surface area contributed by atoms with Crippen molar-refractivity contribution in [3.05, 3.63) is 34.2 Å². The summed E-state index contributed by atoms with van der Waals surface area (Å²) in [6.07, 6.45) is 1.51. The second-order valence-corrected chi connectivity index (χ2v) is 3.47. The van der Waals surface area contributed by atoms with Crippen LogP contribution in [0.15, 0.2) is 23.1 Å². The maximum atomic E-state index is 11.6. The molecule has 5 nitrogen and oxygen atoms in total. The minimum Gasteiger partial charge on any atom is -0.477 e. The molecule has 0 saturated carbocycles. The van der Waals surface area contributed by atoms with Crippen molar-refractivity contribution in [1.29, 1.82) is 0 Å². The van der Waals surface area contributed by atoms with Crippen molar-refractivity contribution in [3.63, 3.8) is 0 Å². The molecule has 0 saturated heterocycles. The zero-order valence-corrected chi connectivity index (χ0v) is 8.38. The van der Waals surface area contributed by atoms with E-state index < -0.39 is 11.5 Å². The van der Waals surface area contributed by atoms with Crippen molar-refractivity contribution in [1.82, 2.24) is 4.57 Å². The fraction of sp³-hybridized carbons (Fsp3) is 0.400. The van der Waals surface area contributed by atoms with Crippen LogP contribution in [0.1, 0.15) is 17.3 Å². The van der Waals surface area contributed by atoms with E-state index in [1.165, 1.54) is 22.9 Å². The van der Waals surface area contributed by atoms with Crippen LogP contribution < -0.4 is 5.56 Å². The van der Waals surface area contributed by atoms with Crippen LogP contribution in [0.3, 0.4) is 0 Å². The van der Waals surface area contributed by atoms with Gasteiger partial charge in [-0.1, -0.05) is 6.92 Å². The molecule has 1 aromatic rings. The van der Waals surface area contributed by atoms with Gasteiger partial charge >= 0.3 is 5.97 Å². The van der Waals surface area contributed by atoms with Crippen molar-refractivity contribution in [3.8, 4) is 0 Å². The average Bonchev–Trinajstić information content (AvgIpc) is 2.20. The number of aromatic nitrogens is 1. The molecule has 2 N–H and O–H groups in total. The Morgan fingerprint density at radius 3 is 2.80 bits per heavy atom. The molecule has 1 unspecified atom stereocenters. The van der Waals surface area contributed by atoms with E-state index in [0.717, 1.165) is 0 Å². The zero-order valence-electron chi connectivity index (χ0n) is 8.38. The van der Waals surface area contributed by atoms with E-state index in [4.69, 9.17) is 10.2 Å². The SMILES string of the molecule is CC(CO)Cn1cccc(C(=O)O)c1=O. The highest BCUT2D eigenvalue weighted by Crippen LogP contribution is 1.98. The summed E-state index contributed by atoms with van der Waals surface area (Å²) in [5.74, 6) is -1.31. The standard InChI is InChI=1S/C10H13NO4/c1-7(6-12)5-11-4-2-3-8(9(11)13)10(14)15/h2-4,7,12H,5-6H2,1H3,(H,14,15). The average molecular weight is 211 g/mol. The van der Waals surface area contributed by atoms with Gasteiger partial charge in [0.05, 0.1) is 0 Å². The van der Waals surface area contributed by atoms with E-state index >= 15 is 0 Å². The summed E-state index contributed by atoms with van der Waals surface area (Å²) in [5, 5.41) is 17.6. The van der Waals surface area contributed by atoms with Crippen LogP contribution in [0.2, 0.25) is 0 Å². The van der Waals surface area contributed by atoms with Crippen molar-refractivity contribution in [2.24, 2.45) is 5.92 Å². The Balaban J connectivity index is 3.05. The van der Waals surface area contributed by atoms with Gasteiger partial charge in [0.15, 0.2) is 0 Å². The van der Waals surface area contributed by atoms with Crippen LogP contribution >= 0.6 is 0 Å². The van der Waals surface area contributed by atoms with Crippen LogP contribution in [0.4, 0.5) is 0 Å². The van der Waals surface area contributed by atoms with Crippen LogP contribution in [-0.4, -0.2) is 27.4 Å². The molecule has 1 atom stereocenters. The van der Waals surface area contributed by atoms with Crippen molar-refractivity contribution >= 4 is 5.97 Å². The van der Waals surface area contributed by atoms with Gasteiger partial charge in [-0.25, -0.2) is 4.79 Å². The summed E-state index contributed by atoms with van der Waals surface area (Å²) in [6, 6.07) is 2.78. The van der Waals surface area contributed by atoms with Crippen LogP contribution in [0.5, 0.6) is 0 Å². The Morgan fingerprint density at radius 2 is 2.27 bits per heavy atom. The number of hydrogen-bond acceptors (Lipinski definition) is 3. The van der Waals surface area contributed by atoms with Gasteiger partial charge in [0.2, 0.25) is 0 Å². The van der Waals surface area contributed by atoms with Crippen LogP contribution in [-0.2, 0) is 6.54 Å². The lowest BCUT2D eigenvalue weighted by Crippen LogP contribution is -2.28. The molecule has 82 valence electrons. The number of rotatable bonds is 4. The molecule has 1 aromatic heterocycles. The third-order valence-electron chi connectivity index (χ3n) is 2.07. The third kappa shape index (κ3) is 2.66. The number of nitrogens with zero attached hydrogens (tertiary/aromatic N) is 1. The lowest BCUT2D eigenvalue weighted by atomic mass is 10.2. The van der Waals surface area contributed by atoms with E-state index in [1.54, 1.807) is 6.92 Å². The lowest BCUT2D eigenvalue weighted by Gasteiger charge is -2.10. The van der Waals surface area contributed by atoms with Gasteiger partial charge in [0.1, 0.15) is 5.56 Å². The van der Waals surface area contributed by atoms with Gasteiger partial charge in [0, 0.05) is 19.3 Å². The van der Waals surface area contributed by atoms with Gasteiger partial charge in [-0.05, 0) is 18.1 Å². The Kier molecular flexibility index (Phi) is 3.62. The Morgan fingerprint density at radius 1 is 1.60 bits per heavy atom. The quantitative estimate of drug-likeness (QED) is 0.744. The largest absolute Gasteiger partial charge is 0.477 e. The van der Waals surface area contributed by atoms with E-state index in [2.05, 4.69) is 0 Å². The molecule has 0 aromatic carbocycles. The first kappa shape index (κ1) is 11.5. The van der Waals surface area contributed by atoms with E-state index in [0.29, 0.717) is 6.54 Å². The highest BCUT2D eigenvalue weighted by Gasteiger charge is 2.11. The van der Waals surface area contributed by atoms with Crippen LogP contribution in [0, 0.1) is 5.92 Å². The first-order valence-corrected chi connectivity index (χ1v) is 4.60. The molecule has 0 fully saturated rings. The fourth-order valence-corrected chi connectivity index (χ4v) is 1.24. The molecule has 0 aliphatic heterocycles. The molecular weight excluding hydrogens is 198 g/mol. The first-order valence-electron chi connectivity index (χ1n) is 4.60. The van der Waals surface area contributed by atoms with Crippen molar-refractivity contribution in [2.45, 2.75) is 13.5 Å². The summed E-state index contributed by atoms with van der Waals surface area (Å²) >= 11 is 0. The van der Waals surface area contributed by atoms with Crippen LogP contribution in [0.25, 0.3) is 0 Å². The number of aliphatic hydroxyl groups is 1. The van der Waals surface area contributed by atoms with E-state index in [-0.39, 0.29) is 18.1 Å². The summed E-state index contributed by atoms with van der Waals surface area (Å²) in [7, 11) is 0. The second-order valence-electron chi connectivity index (χ2n) is 3.47. The van der Waals surface area contributed by atoms with E-state index in [1.807, 2.05) is 0 Å². The van der Waals surface area contributed by atoms with Crippen molar-refractivity contribution in [2.75, 3.05) is 6.61 Å². The molecule has 0 amide bonds. The zero-order chi connectivity index (χ0) is 11.4. The molecule has 0 aliphatic carbocycles. The van der Waals surface area contributed by atoms with Gasteiger partial charge in [-0.15, -0.1) is 0 Å². The predicted molar refractivity (Wildman–Crippen MR) is 53.9 cm³/mol. The summed E-state index contributed by atoms with van der Waals surface area (Å²) in [5.41, 5.74) is -0.784. The number of hydrogen-bond donors (Lipinski definition) is 2. The molecule has 0 spiro atoms. The molecule has 0 bridgehead atoms. The molecule has 15 heavy (non-hydrogen) atoms. The topological polar surface area (TPSA) is 79.5 Å². The summed E-state index contributed by atoms with van der Waals surface area (Å²) < 4.78 is 1.30. The molecule has 1 rings (SSSR count). The fourth-order valence-electron chi connectivity index (χ4n) is 1.24. The highest BCUT2D eigenvalue weighted by molar-refractivity contribution is 5.86.